The minimum Gasteiger partial charge on any atom is -0.480 e. The Morgan fingerprint density at radius 1 is 1.47 bits per heavy atom. The molecule has 0 saturated heterocycles. The SMILES string of the molecule is COCC(C)OCCCCC(C)(NC1CC1)C(=O)O. The van der Waals surface area contributed by atoms with Crippen LogP contribution in [0.3, 0.4) is 0 Å². The summed E-state index contributed by atoms with van der Waals surface area (Å²) in [5, 5.41) is 12.5. The molecule has 0 radical (unpaired) electrons. The maximum atomic E-state index is 11.3. The summed E-state index contributed by atoms with van der Waals surface area (Å²) in [4.78, 5) is 11.3. The van der Waals surface area contributed by atoms with Crippen molar-refractivity contribution in [3.63, 3.8) is 0 Å². The third-order valence-electron chi connectivity index (χ3n) is 3.45. The Morgan fingerprint density at radius 2 is 2.16 bits per heavy atom. The van der Waals surface area contributed by atoms with Gasteiger partial charge in [-0.3, -0.25) is 10.1 Å². The number of methoxy groups -OCH3 is 1. The molecule has 5 heteroatoms. The minimum absolute atomic E-state index is 0.0976. The van der Waals surface area contributed by atoms with E-state index >= 15 is 0 Å². The summed E-state index contributed by atoms with van der Waals surface area (Å²) in [5.41, 5.74) is -0.792. The van der Waals surface area contributed by atoms with Crippen LogP contribution in [0.1, 0.15) is 46.0 Å². The van der Waals surface area contributed by atoms with Gasteiger partial charge in [-0.25, -0.2) is 0 Å². The number of nitrogens with one attached hydrogen (secondary N) is 1. The van der Waals surface area contributed by atoms with E-state index in [1.165, 1.54) is 0 Å². The average molecular weight is 273 g/mol. The first-order chi connectivity index (χ1) is 8.98. The number of hydrogen-bond donors (Lipinski definition) is 2. The summed E-state index contributed by atoms with van der Waals surface area (Å²) >= 11 is 0. The van der Waals surface area contributed by atoms with Gasteiger partial charge in [0.15, 0.2) is 0 Å². The van der Waals surface area contributed by atoms with Crippen molar-refractivity contribution in [1.82, 2.24) is 5.32 Å². The summed E-state index contributed by atoms with van der Waals surface area (Å²) in [6.45, 7) is 5.00. The minimum atomic E-state index is -0.792. The number of carboxylic acids is 1. The zero-order valence-corrected chi connectivity index (χ0v) is 12.3. The lowest BCUT2D eigenvalue weighted by atomic mass is 9.95. The van der Waals surface area contributed by atoms with Crippen molar-refractivity contribution in [2.45, 2.75) is 63.6 Å². The summed E-state index contributed by atoms with van der Waals surface area (Å²) in [7, 11) is 1.65. The van der Waals surface area contributed by atoms with E-state index in [-0.39, 0.29) is 6.10 Å². The van der Waals surface area contributed by atoms with Crippen LogP contribution in [0.5, 0.6) is 0 Å². The summed E-state index contributed by atoms with van der Waals surface area (Å²) in [6, 6.07) is 0.402. The van der Waals surface area contributed by atoms with Gasteiger partial charge in [-0.1, -0.05) is 0 Å². The van der Waals surface area contributed by atoms with Crippen LogP contribution in [0.2, 0.25) is 0 Å². The monoisotopic (exact) mass is 273 g/mol. The molecular formula is C14H27NO4. The van der Waals surface area contributed by atoms with E-state index in [4.69, 9.17) is 9.47 Å². The largest absolute Gasteiger partial charge is 0.480 e. The molecule has 0 spiro atoms. The molecule has 1 fully saturated rings. The highest BCUT2D eigenvalue weighted by atomic mass is 16.5. The molecule has 1 saturated carbocycles. The molecule has 0 aromatic carbocycles. The van der Waals surface area contributed by atoms with Crippen LogP contribution in [0.15, 0.2) is 0 Å². The molecule has 2 N–H and O–H groups in total. The fourth-order valence-electron chi connectivity index (χ4n) is 2.07. The molecule has 112 valence electrons. The van der Waals surface area contributed by atoms with Gasteiger partial charge >= 0.3 is 5.97 Å². The predicted octanol–water partition coefficient (Wildman–Crippen LogP) is 1.80. The van der Waals surface area contributed by atoms with Crippen LogP contribution in [0.25, 0.3) is 0 Å². The molecule has 0 amide bonds. The molecule has 1 aliphatic rings. The van der Waals surface area contributed by atoms with E-state index in [9.17, 15) is 9.90 Å². The Bertz CT molecular complexity index is 281. The van der Waals surface area contributed by atoms with Crippen molar-refractivity contribution in [2.24, 2.45) is 0 Å². The Balaban J connectivity index is 2.16. The van der Waals surface area contributed by atoms with Crippen LogP contribution in [-0.4, -0.2) is 49.1 Å². The van der Waals surface area contributed by atoms with Gasteiger partial charge in [0.05, 0.1) is 12.7 Å². The zero-order valence-electron chi connectivity index (χ0n) is 12.3. The summed E-state index contributed by atoms with van der Waals surface area (Å²) in [5.74, 6) is -0.756. The number of aliphatic carboxylic acids is 1. The predicted molar refractivity (Wildman–Crippen MR) is 73.3 cm³/mol. The van der Waals surface area contributed by atoms with Crippen LogP contribution >= 0.6 is 0 Å². The van der Waals surface area contributed by atoms with Gasteiger partial charge in [-0.15, -0.1) is 0 Å². The van der Waals surface area contributed by atoms with E-state index in [2.05, 4.69) is 5.32 Å². The molecule has 19 heavy (non-hydrogen) atoms. The Labute approximate surface area is 115 Å². The van der Waals surface area contributed by atoms with Crippen LogP contribution in [-0.2, 0) is 14.3 Å². The van der Waals surface area contributed by atoms with E-state index < -0.39 is 11.5 Å². The third kappa shape index (κ3) is 6.36. The van der Waals surface area contributed by atoms with Gasteiger partial charge in [0.25, 0.3) is 0 Å². The van der Waals surface area contributed by atoms with Crippen molar-refractivity contribution >= 4 is 5.97 Å². The second kappa shape index (κ2) is 7.82. The Morgan fingerprint density at radius 3 is 2.68 bits per heavy atom. The lowest BCUT2D eigenvalue weighted by molar-refractivity contribution is -0.144. The molecule has 0 aromatic heterocycles. The van der Waals surface area contributed by atoms with Crippen molar-refractivity contribution in [3.8, 4) is 0 Å². The van der Waals surface area contributed by atoms with Gasteiger partial charge in [0.2, 0.25) is 0 Å². The molecule has 0 heterocycles. The second-order valence-electron chi connectivity index (χ2n) is 5.65. The highest BCUT2D eigenvalue weighted by Gasteiger charge is 2.37. The number of hydrogen-bond acceptors (Lipinski definition) is 4. The average Bonchev–Trinajstić information content (AvgIpc) is 3.12. The quantitative estimate of drug-likeness (QED) is 0.562. The normalized spacial score (nSPS) is 19.9. The molecule has 1 aliphatic carbocycles. The van der Waals surface area contributed by atoms with Crippen molar-refractivity contribution in [2.75, 3.05) is 20.3 Å². The smallest absolute Gasteiger partial charge is 0.323 e. The zero-order chi connectivity index (χ0) is 14.3. The Hall–Kier alpha value is -0.650. The van der Waals surface area contributed by atoms with Crippen molar-refractivity contribution < 1.29 is 19.4 Å². The summed E-state index contributed by atoms with van der Waals surface area (Å²) < 4.78 is 10.5. The lowest BCUT2D eigenvalue weighted by Gasteiger charge is -2.26. The number of rotatable bonds is 11. The number of carboxylic acid groups (broad SMARTS) is 1. The van der Waals surface area contributed by atoms with Gasteiger partial charge in [-0.2, -0.15) is 0 Å². The molecule has 0 aromatic rings. The lowest BCUT2D eigenvalue weighted by Crippen LogP contribution is -2.50. The van der Waals surface area contributed by atoms with Crippen LogP contribution in [0, 0.1) is 0 Å². The summed E-state index contributed by atoms with van der Waals surface area (Å²) in [6.07, 6.45) is 4.66. The van der Waals surface area contributed by atoms with Gasteiger partial charge < -0.3 is 14.6 Å². The number of unbranched alkanes of at least 4 members (excludes halogenated alkanes) is 1. The molecule has 2 atom stereocenters. The number of carbonyl (C=O) groups is 1. The molecular weight excluding hydrogens is 246 g/mol. The van der Waals surface area contributed by atoms with Gasteiger partial charge in [-0.05, 0) is 46.0 Å². The van der Waals surface area contributed by atoms with Crippen LogP contribution in [0.4, 0.5) is 0 Å². The Kier molecular flexibility index (Phi) is 6.75. The molecule has 0 aliphatic heterocycles. The van der Waals surface area contributed by atoms with Gasteiger partial charge in [0, 0.05) is 19.8 Å². The van der Waals surface area contributed by atoms with E-state index in [0.717, 1.165) is 25.7 Å². The molecule has 2 unspecified atom stereocenters. The van der Waals surface area contributed by atoms with E-state index in [1.807, 2.05) is 6.92 Å². The maximum absolute atomic E-state index is 11.3. The van der Waals surface area contributed by atoms with Crippen molar-refractivity contribution in [3.05, 3.63) is 0 Å². The van der Waals surface area contributed by atoms with Crippen LogP contribution < -0.4 is 5.32 Å². The van der Waals surface area contributed by atoms with E-state index in [1.54, 1.807) is 14.0 Å². The molecule has 1 rings (SSSR count). The second-order valence-corrected chi connectivity index (χ2v) is 5.65. The fourth-order valence-corrected chi connectivity index (χ4v) is 2.07. The van der Waals surface area contributed by atoms with E-state index in [0.29, 0.717) is 25.7 Å². The maximum Gasteiger partial charge on any atom is 0.323 e. The number of ether oxygens (including phenoxy) is 2. The molecule has 0 bridgehead atoms. The third-order valence-corrected chi connectivity index (χ3v) is 3.45. The first-order valence-electron chi connectivity index (χ1n) is 7.09. The fraction of sp³-hybridized carbons (Fsp3) is 0.929. The topological polar surface area (TPSA) is 67.8 Å². The highest BCUT2D eigenvalue weighted by Crippen LogP contribution is 2.25. The first-order valence-corrected chi connectivity index (χ1v) is 7.09. The first kappa shape index (κ1) is 16.4. The molecule has 5 nitrogen and oxygen atoms in total. The highest BCUT2D eigenvalue weighted by molar-refractivity contribution is 5.78. The standard InChI is InChI=1S/C14H27NO4/c1-11(10-18-3)19-9-5-4-8-14(2,13(16)17)15-12-6-7-12/h11-12,15H,4-10H2,1-3H3,(H,16,17). The van der Waals surface area contributed by atoms with Gasteiger partial charge in [0.1, 0.15) is 5.54 Å². The van der Waals surface area contributed by atoms with Crippen molar-refractivity contribution in [1.29, 1.82) is 0 Å².